The number of benzene rings is 2. The molecule has 0 unspecified atom stereocenters. The molecule has 3 aromatic rings. The zero-order valence-electron chi connectivity index (χ0n) is 20.6. The van der Waals surface area contributed by atoms with Crippen LogP contribution in [0.4, 0.5) is 11.4 Å². The second-order valence-corrected chi connectivity index (χ2v) is 9.23. The van der Waals surface area contributed by atoms with Crippen LogP contribution in [-0.4, -0.2) is 62.9 Å². The Balaban J connectivity index is 1.70. The molecule has 2 aromatic carbocycles. The first-order valence-electron chi connectivity index (χ1n) is 11.7. The number of carbonyl (C=O) groups is 2. The van der Waals surface area contributed by atoms with E-state index in [0.29, 0.717) is 58.0 Å². The molecule has 1 aromatic heterocycles. The maximum atomic E-state index is 12.8. The summed E-state index contributed by atoms with van der Waals surface area (Å²) in [5.41, 5.74) is 8.07. The van der Waals surface area contributed by atoms with Crippen molar-refractivity contribution in [3.8, 4) is 17.2 Å². The Morgan fingerprint density at radius 1 is 1.22 bits per heavy atom. The minimum absolute atomic E-state index is 0.182. The van der Waals surface area contributed by atoms with E-state index in [0.717, 1.165) is 25.9 Å². The summed E-state index contributed by atoms with van der Waals surface area (Å²) in [6, 6.07) is 6.62. The Hall–Kier alpha value is -3.56. The Bertz CT molecular complexity index is 1290. The lowest BCUT2D eigenvalue weighted by Crippen LogP contribution is -2.32. The molecule has 0 atom stereocenters. The maximum Gasteiger partial charge on any atom is 0.254 e. The van der Waals surface area contributed by atoms with Crippen LogP contribution in [-0.2, 0) is 0 Å². The smallest absolute Gasteiger partial charge is 0.254 e. The molecule has 36 heavy (non-hydrogen) atoms. The van der Waals surface area contributed by atoms with Crippen LogP contribution >= 0.6 is 11.6 Å². The minimum atomic E-state index is -0.283. The Morgan fingerprint density at radius 3 is 2.64 bits per heavy atom. The van der Waals surface area contributed by atoms with Gasteiger partial charge >= 0.3 is 0 Å². The molecule has 4 rings (SSSR count). The van der Waals surface area contributed by atoms with Crippen LogP contribution in [0.15, 0.2) is 30.5 Å². The van der Waals surface area contributed by atoms with Gasteiger partial charge in [0, 0.05) is 37.3 Å². The highest BCUT2D eigenvalue weighted by molar-refractivity contribution is 6.36. The van der Waals surface area contributed by atoms with Crippen LogP contribution in [0.2, 0.25) is 5.02 Å². The zero-order valence-corrected chi connectivity index (χ0v) is 21.3. The van der Waals surface area contributed by atoms with Crippen molar-refractivity contribution in [2.75, 3.05) is 51.9 Å². The van der Waals surface area contributed by atoms with Gasteiger partial charge in [-0.1, -0.05) is 11.6 Å². The fourth-order valence-corrected chi connectivity index (χ4v) is 4.61. The first-order valence-corrected chi connectivity index (χ1v) is 12.1. The molecule has 0 saturated carbocycles. The number of nitrogens with one attached hydrogen (secondary N) is 2. The maximum absolute atomic E-state index is 12.8. The van der Waals surface area contributed by atoms with Crippen LogP contribution in [0, 0.1) is 5.92 Å². The molecule has 1 aliphatic heterocycles. The van der Waals surface area contributed by atoms with E-state index in [1.54, 1.807) is 38.5 Å². The Labute approximate surface area is 214 Å². The molecular weight excluding hydrogens is 482 g/mol. The molecule has 4 N–H and O–H groups in total. The van der Waals surface area contributed by atoms with Crippen molar-refractivity contribution in [1.29, 1.82) is 0 Å². The number of anilines is 2. The Morgan fingerprint density at radius 2 is 1.97 bits per heavy atom. The molecule has 1 saturated heterocycles. The summed E-state index contributed by atoms with van der Waals surface area (Å²) in [4.78, 5) is 31.1. The third kappa shape index (κ3) is 5.17. The fraction of sp³-hybridized carbons (Fsp3) is 0.346. The van der Waals surface area contributed by atoms with Crippen LogP contribution in [0.3, 0.4) is 0 Å². The number of pyridine rings is 1. The number of aromatic nitrogens is 1. The Kier molecular flexibility index (Phi) is 7.81. The average Bonchev–Trinajstić information content (AvgIpc) is 2.90. The van der Waals surface area contributed by atoms with Gasteiger partial charge in [0.05, 0.1) is 34.1 Å². The van der Waals surface area contributed by atoms with E-state index in [1.807, 2.05) is 0 Å². The number of halogens is 1. The standard InChI is InChI=1S/C26H30ClN5O4/c1-29-25-16(13-33)10-22(24(28)23(25)27)36-20-4-7-31-19-12-21(18(11-17(19)20)26(34)30-2)35-14-15-5-8-32(3)9-6-15/h4,7,10-13,15,29H,5-6,8-9,14,28H2,1-3H3,(H,30,34). The second-order valence-electron chi connectivity index (χ2n) is 8.85. The molecule has 0 aliphatic carbocycles. The van der Waals surface area contributed by atoms with E-state index in [1.165, 1.54) is 6.07 Å². The molecule has 2 heterocycles. The van der Waals surface area contributed by atoms with Gasteiger partial charge in [-0.2, -0.15) is 0 Å². The van der Waals surface area contributed by atoms with Crippen LogP contribution in [0.5, 0.6) is 17.2 Å². The summed E-state index contributed by atoms with van der Waals surface area (Å²) in [7, 11) is 5.34. The summed E-state index contributed by atoms with van der Waals surface area (Å²) in [6.45, 7) is 2.59. The SMILES string of the molecule is CNC(=O)c1cc2c(Oc3cc(C=O)c(NC)c(Cl)c3N)ccnc2cc1OCC1CCN(C)CC1. The summed E-state index contributed by atoms with van der Waals surface area (Å²) in [6.07, 6.45) is 4.37. The van der Waals surface area contributed by atoms with Crippen molar-refractivity contribution >= 4 is 46.1 Å². The van der Waals surface area contributed by atoms with Crippen molar-refractivity contribution in [3.05, 3.63) is 46.6 Å². The predicted octanol–water partition coefficient (Wildman–Crippen LogP) is 4.20. The number of fused-ring (bicyclic) bond motifs is 1. The molecule has 9 nitrogen and oxygen atoms in total. The van der Waals surface area contributed by atoms with Gasteiger partial charge in [-0.05, 0) is 57.1 Å². The summed E-state index contributed by atoms with van der Waals surface area (Å²) >= 11 is 6.37. The quantitative estimate of drug-likeness (QED) is 0.304. The molecule has 10 heteroatoms. The third-order valence-corrected chi connectivity index (χ3v) is 6.87. The summed E-state index contributed by atoms with van der Waals surface area (Å²) < 4.78 is 12.3. The largest absolute Gasteiger partial charge is 0.492 e. The molecule has 1 fully saturated rings. The number of nitrogen functional groups attached to an aromatic ring is 1. The number of nitrogens with two attached hydrogens (primary N) is 1. The predicted molar refractivity (Wildman–Crippen MR) is 142 cm³/mol. The number of piperidine rings is 1. The van der Waals surface area contributed by atoms with Crippen LogP contribution < -0.4 is 25.8 Å². The van der Waals surface area contributed by atoms with Crippen molar-refractivity contribution < 1.29 is 19.1 Å². The number of likely N-dealkylation sites (tertiary alicyclic amines) is 1. The van der Waals surface area contributed by atoms with Crippen LogP contribution in [0.1, 0.15) is 33.6 Å². The van der Waals surface area contributed by atoms with Gasteiger partial charge in [-0.15, -0.1) is 0 Å². The highest BCUT2D eigenvalue weighted by Crippen LogP contribution is 2.41. The number of hydrogen-bond donors (Lipinski definition) is 3. The van der Waals surface area contributed by atoms with E-state index in [4.69, 9.17) is 26.8 Å². The topological polar surface area (TPSA) is 119 Å². The zero-order chi connectivity index (χ0) is 25.8. The second kappa shape index (κ2) is 11.0. The molecule has 0 spiro atoms. The van der Waals surface area contributed by atoms with Gasteiger partial charge < -0.3 is 30.7 Å². The van der Waals surface area contributed by atoms with E-state index < -0.39 is 0 Å². The average molecular weight is 512 g/mol. The number of aldehydes is 1. The number of carbonyl (C=O) groups excluding carboxylic acids is 2. The van der Waals surface area contributed by atoms with E-state index >= 15 is 0 Å². The summed E-state index contributed by atoms with van der Waals surface area (Å²) in [5, 5.41) is 6.32. The highest BCUT2D eigenvalue weighted by atomic mass is 35.5. The van der Waals surface area contributed by atoms with Gasteiger partial charge in [-0.3, -0.25) is 14.6 Å². The van der Waals surface area contributed by atoms with Gasteiger partial charge in [-0.25, -0.2) is 0 Å². The number of nitrogens with zero attached hydrogens (tertiary/aromatic N) is 2. The van der Waals surface area contributed by atoms with E-state index in [-0.39, 0.29) is 22.4 Å². The third-order valence-electron chi connectivity index (χ3n) is 6.48. The van der Waals surface area contributed by atoms with Crippen molar-refractivity contribution in [3.63, 3.8) is 0 Å². The van der Waals surface area contributed by atoms with Crippen molar-refractivity contribution in [2.24, 2.45) is 5.92 Å². The summed E-state index contributed by atoms with van der Waals surface area (Å²) in [5.74, 6) is 1.24. The van der Waals surface area contributed by atoms with Gasteiger partial charge in [0.25, 0.3) is 5.91 Å². The van der Waals surface area contributed by atoms with E-state index in [9.17, 15) is 9.59 Å². The molecule has 1 aliphatic rings. The van der Waals surface area contributed by atoms with Gasteiger partial charge in [0.15, 0.2) is 12.0 Å². The number of rotatable bonds is 8. The van der Waals surface area contributed by atoms with Crippen molar-refractivity contribution in [2.45, 2.75) is 12.8 Å². The molecule has 190 valence electrons. The van der Waals surface area contributed by atoms with E-state index in [2.05, 4.69) is 27.6 Å². The number of ether oxygens (including phenoxy) is 2. The first-order chi connectivity index (χ1) is 17.4. The molecular formula is C26H30ClN5O4. The normalized spacial score (nSPS) is 14.4. The van der Waals surface area contributed by atoms with Gasteiger partial charge in [0.2, 0.25) is 0 Å². The fourth-order valence-electron chi connectivity index (χ4n) is 4.32. The lowest BCUT2D eigenvalue weighted by atomic mass is 9.98. The molecule has 0 bridgehead atoms. The lowest BCUT2D eigenvalue weighted by molar-refractivity contribution is 0.0956. The molecule has 1 amide bonds. The molecule has 0 radical (unpaired) electrons. The monoisotopic (exact) mass is 511 g/mol. The minimum Gasteiger partial charge on any atom is -0.492 e. The number of amides is 1. The lowest BCUT2D eigenvalue weighted by Gasteiger charge is -2.29. The van der Waals surface area contributed by atoms with Gasteiger partial charge in [0.1, 0.15) is 11.5 Å². The van der Waals surface area contributed by atoms with Crippen LogP contribution in [0.25, 0.3) is 10.9 Å². The highest BCUT2D eigenvalue weighted by Gasteiger charge is 2.21. The van der Waals surface area contributed by atoms with Crippen molar-refractivity contribution in [1.82, 2.24) is 15.2 Å². The first kappa shape index (κ1) is 25.5. The number of hydrogen-bond acceptors (Lipinski definition) is 8.